The van der Waals surface area contributed by atoms with Crippen molar-refractivity contribution in [1.82, 2.24) is 19.5 Å². The maximum absolute atomic E-state index is 13.1. The number of aromatic nitrogens is 4. The van der Waals surface area contributed by atoms with Crippen LogP contribution in [0.5, 0.6) is 11.5 Å². The summed E-state index contributed by atoms with van der Waals surface area (Å²) in [5, 5.41) is 9.10. The molecule has 1 aromatic carbocycles. The lowest BCUT2D eigenvalue weighted by Gasteiger charge is -2.18. The quantitative estimate of drug-likeness (QED) is 0.338. The highest BCUT2D eigenvalue weighted by molar-refractivity contribution is 5.80. The average molecular weight is 473 g/mol. The van der Waals surface area contributed by atoms with Gasteiger partial charge in [0.2, 0.25) is 0 Å². The molecule has 35 heavy (non-hydrogen) atoms. The van der Waals surface area contributed by atoms with Gasteiger partial charge in [-0.2, -0.15) is 14.0 Å². The van der Waals surface area contributed by atoms with E-state index in [0.717, 1.165) is 25.7 Å². The molecule has 1 fully saturated rings. The molecular formula is C26H21F2N5O2. The van der Waals surface area contributed by atoms with Crippen LogP contribution in [0.1, 0.15) is 42.6 Å². The number of para-hydroxylation sites is 1. The normalized spacial score (nSPS) is 14.1. The van der Waals surface area contributed by atoms with Gasteiger partial charge in [-0.15, -0.1) is 0 Å². The third-order valence-electron chi connectivity index (χ3n) is 5.77. The van der Waals surface area contributed by atoms with Gasteiger partial charge in [0.1, 0.15) is 23.2 Å². The van der Waals surface area contributed by atoms with Crippen LogP contribution in [-0.4, -0.2) is 32.2 Å². The minimum atomic E-state index is -2.96. The van der Waals surface area contributed by atoms with Crippen molar-refractivity contribution >= 4 is 23.3 Å². The van der Waals surface area contributed by atoms with Gasteiger partial charge in [-0.25, -0.2) is 15.0 Å². The molecule has 0 bridgehead atoms. The fourth-order valence-corrected chi connectivity index (χ4v) is 4.17. The van der Waals surface area contributed by atoms with Crippen molar-refractivity contribution in [3.05, 3.63) is 71.8 Å². The molecular weight excluding hydrogens is 452 g/mol. The summed E-state index contributed by atoms with van der Waals surface area (Å²) in [6.07, 6.45) is 10.4. The van der Waals surface area contributed by atoms with Crippen LogP contribution in [0.15, 0.2) is 54.9 Å². The molecule has 0 atom stereocenters. The van der Waals surface area contributed by atoms with Gasteiger partial charge in [0.15, 0.2) is 17.1 Å². The molecule has 3 heterocycles. The predicted molar refractivity (Wildman–Crippen MR) is 126 cm³/mol. The number of nitriles is 1. The van der Waals surface area contributed by atoms with E-state index < -0.39 is 6.61 Å². The molecule has 0 radical (unpaired) electrons. The number of halogens is 2. The molecule has 9 heteroatoms. The number of imidazole rings is 1. The van der Waals surface area contributed by atoms with Crippen LogP contribution in [-0.2, 0) is 0 Å². The van der Waals surface area contributed by atoms with Crippen LogP contribution in [0.4, 0.5) is 8.78 Å². The Morgan fingerprint density at radius 3 is 2.66 bits per heavy atom. The standard InChI is InChI=1S/C26H21F2N5O2/c27-26(28)35-21-9-3-5-18(24(21)34-19-6-1-2-7-19)11-13-23-32-20-8-4-14-30-25(20)33(23)22-12-10-17(15-29)16-31-22/h3-5,8-14,16,19,26H,1-2,6-7H2/b13-11+. The van der Waals surface area contributed by atoms with Crippen LogP contribution in [0.3, 0.4) is 0 Å². The number of hydrogen-bond acceptors (Lipinski definition) is 6. The molecule has 0 unspecified atom stereocenters. The summed E-state index contributed by atoms with van der Waals surface area (Å²) in [5.41, 5.74) is 2.29. The lowest BCUT2D eigenvalue weighted by atomic mass is 10.1. The Labute approximate surface area is 200 Å². The largest absolute Gasteiger partial charge is 0.486 e. The molecule has 4 aromatic rings. The van der Waals surface area contributed by atoms with E-state index in [2.05, 4.69) is 21.0 Å². The van der Waals surface area contributed by atoms with Gasteiger partial charge < -0.3 is 9.47 Å². The van der Waals surface area contributed by atoms with E-state index in [4.69, 9.17) is 14.7 Å². The molecule has 0 saturated heterocycles. The Bertz CT molecular complexity index is 1400. The van der Waals surface area contributed by atoms with E-state index in [9.17, 15) is 8.78 Å². The number of nitrogens with zero attached hydrogens (tertiary/aromatic N) is 5. The second-order valence-corrected chi connectivity index (χ2v) is 8.08. The zero-order valence-electron chi connectivity index (χ0n) is 18.6. The molecule has 1 aliphatic carbocycles. The lowest BCUT2D eigenvalue weighted by Crippen LogP contribution is -2.13. The zero-order chi connectivity index (χ0) is 24.2. The van der Waals surface area contributed by atoms with Crippen molar-refractivity contribution in [2.45, 2.75) is 38.4 Å². The van der Waals surface area contributed by atoms with Crippen LogP contribution in [0.25, 0.3) is 29.1 Å². The SMILES string of the molecule is N#Cc1ccc(-n2c(/C=C/c3cccc(OC(F)F)c3OC3CCCC3)nc3cccnc32)nc1. The third-order valence-corrected chi connectivity index (χ3v) is 5.77. The smallest absolute Gasteiger partial charge is 0.387 e. The topological polar surface area (TPSA) is 85.9 Å². The third kappa shape index (κ3) is 4.82. The molecule has 176 valence electrons. The number of fused-ring (bicyclic) bond motifs is 1. The van der Waals surface area contributed by atoms with Crippen molar-refractivity contribution in [3.8, 4) is 23.4 Å². The van der Waals surface area contributed by atoms with E-state index in [1.807, 2.05) is 6.07 Å². The van der Waals surface area contributed by atoms with Crippen molar-refractivity contribution in [1.29, 1.82) is 5.26 Å². The summed E-state index contributed by atoms with van der Waals surface area (Å²) in [4.78, 5) is 13.5. The van der Waals surface area contributed by atoms with Crippen molar-refractivity contribution in [2.24, 2.45) is 0 Å². The van der Waals surface area contributed by atoms with Gasteiger partial charge in [-0.1, -0.05) is 12.1 Å². The first kappa shape index (κ1) is 22.5. The monoisotopic (exact) mass is 473 g/mol. The number of ether oxygens (including phenoxy) is 2. The summed E-state index contributed by atoms with van der Waals surface area (Å²) in [6.45, 7) is -2.96. The Morgan fingerprint density at radius 2 is 1.91 bits per heavy atom. The van der Waals surface area contributed by atoms with E-state index in [0.29, 0.717) is 33.9 Å². The molecule has 1 saturated carbocycles. The Morgan fingerprint density at radius 1 is 1.06 bits per heavy atom. The maximum Gasteiger partial charge on any atom is 0.387 e. The number of alkyl halides is 2. The van der Waals surface area contributed by atoms with Gasteiger partial charge in [-0.05, 0) is 68.2 Å². The highest BCUT2D eigenvalue weighted by Gasteiger charge is 2.22. The van der Waals surface area contributed by atoms with E-state index in [1.165, 1.54) is 12.3 Å². The number of hydrogen-bond donors (Lipinski definition) is 0. The van der Waals surface area contributed by atoms with Crippen LogP contribution in [0, 0.1) is 11.3 Å². The van der Waals surface area contributed by atoms with Gasteiger partial charge in [0.25, 0.3) is 0 Å². The molecule has 7 nitrogen and oxygen atoms in total. The minimum Gasteiger partial charge on any atom is -0.486 e. The molecule has 1 aliphatic rings. The second-order valence-electron chi connectivity index (χ2n) is 8.08. The van der Waals surface area contributed by atoms with Crippen LogP contribution in [0.2, 0.25) is 0 Å². The molecule has 0 amide bonds. The van der Waals surface area contributed by atoms with Gasteiger partial charge in [-0.3, -0.25) is 4.57 Å². The average Bonchev–Trinajstić information content (AvgIpc) is 3.51. The van der Waals surface area contributed by atoms with Gasteiger partial charge in [0, 0.05) is 18.0 Å². The zero-order valence-corrected chi connectivity index (χ0v) is 18.6. The second kappa shape index (κ2) is 9.89. The molecule has 3 aromatic heterocycles. The van der Waals surface area contributed by atoms with Crippen LogP contribution < -0.4 is 9.47 Å². The summed E-state index contributed by atoms with van der Waals surface area (Å²) >= 11 is 0. The number of pyridine rings is 2. The molecule has 0 N–H and O–H groups in total. The Hall–Kier alpha value is -4.32. The van der Waals surface area contributed by atoms with Crippen molar-refractivity contribution < 1.29 is 18.3 Å². The molecule has 0 aliphatic heterocycles. The summed E-state index contributed by atoms with van der Waals surface area (Å²) < 4.78 is 38.8. The Balaban J connectivity index is 1.57. The van der Waals surface area contributed by atoms with Crippen LogP contribution >= 0.6 is 0 Å². The summed E-state index contributed by atoms with van der Waals surface area (Å²) in [7, 11) is 0. The molecule has 0 spiro atoms. The lowest BCUT2D eigenvalue weighted by molar-refractivity contribution is -0.0520. The van der Waals surface area contributed by atoms with E-state index in [1.54, 1.807) is 53.2 Å². The molecule has 5 rings (SSSR count). The van der Waals surface area contributed by atoms with E-state index >= 15 is 0 Å². The first-order chi connectivity index (χ1) is 17.1. The fraction of sp³-hybridized carbons (Fsp3) is 0.231. The Kier molecular flexibility index (Phi) is 6.35. The van der Waals surface area contributed by atoms with Crippen molar-refractivity contribution in [2.75, 3.05) is 0 Å². The highest BCUT2D eigenvalue weighted by atomic mass is 19.3. The highest BCUT2D eigenvalue weighted by Crippen LogP contribution is 2.37. The number of benzene rings is 1. The van der Waals surface area contributed by atoms with Gasteiger partial charge >= 0.3 is 6.61 Å². The van der Waals surface area contributed by atoms with Crippen molar-refractivity contribution in [3.63, 3.8) is 0 Å². The predicted octanol–water partition coefficient (Wildman–Crippen LogP) is 5.78. The van der Waals surface area contributed by atoms with E-state index in [-0.39, 0.29) is 17.6 Å². The summed E-state index contributed by atoms with van der Waals surface area (Å²) in [6, 6.07) is 14.0. The fourth-order valence-electron chi connectivity index (χ4n) is 4.17. The first-order valence-corrected chi connectivity index (χ1v) is 11.2. The summed E-state index contributed by atoms with van der Waals surface area (Å²) in [5.74, 6) is 1.36. The number of rotatable bonds is 7. The minimum absolute atomic E-state index is 0.00187. The maximum atomic E-state index is 13.1. The van der Waals surface area contributed by atoms with Gasteiger partial charge in [0.05, 0.1) is 11.7 Å². The first-order valence-electron chi connectivity index (χ1n) is 11.2.